The van der Waals surface area contributed by atoms with E-state index in [2.05, 4.69) is 25.3 Å². The van der Waals surface area contributed by atoms with E-state index in [0.29, 0.717) is 0 Å². The molecule has 0 aliphatic carbocycles. The van der Waals surface area contributed by atoms with Crippen LogP contribution in [0.4, 0.5) is 0 Å². The van der Waals surface area contributed by atoms with Gasteiger partial charge in [0.25, 0.3) is 0 Å². The number of nitrogens with zero attached hydrogens (tertiary/aromatic N) is 1. The van der Waals surface area contributed by atoms with Crippen LogP contribution in [-0.4, -0.2) is 21.9 Å². The van der Waals surface area contributed by atoms with Gasteiger partial charge in [0.1, 0.15) is 11.9 Å². The fourth-order valence-corrected chi connectivity index (χ4v) is 1.85. The molecule has 1 rings (SSSR count). The Kier molecular flexibility index (Phi) is 3.69. The highest BCUT2D eigenvalue weighted by Gasteiger charge is 2.24. The summed E-state index contributed by atoms with van der Waals surface area (Å²) in [5.74, 6) is -0.454. The zero-order valence-electron chi connectivity index (χ0n) is 8.12. The van der Waals surface area contributed by atoms with E-state index >= 15 is 0 Å². The Labute approximate surface area is 90.8 Å². The van der Waals surface area contributed by atoms with Crippen molar-refractivity contribution >= 4 is 21.9 Å². The van der Waals surface area contributed by atoms with Gasteiger partial charge in [-0.25, -0.2) is 9.78 Å². The Hall–Kier alpha value is -0.840. The number of carbonyl (C=O) groups is 1. The highest BCUT2D eigenvalue weighted by Crippen LogP contribution is 2.17. The van der Waals surface area contributed by atoms with Crippen molar-refractivity contribution in [1.82, 2.24) is 4.98 Å². The van der Waals surface area contributed by atoms with Crippen LogP contribution in [0.15, 0.2) is 17.1 Å². The number of hydrogen-bond acceptors (Lipinski definition) is 4. The van der Waals surface area contributed by atoms with Gasteiger partial charge in [0.2, 0.25) is 0 Å². The van der Waals surface area contributed by atoms with E-state index in [1.807, 2.05) is 13.8 Å². The molecule has 1 aromatic rings. The highest BCUT2D eigenvalue weighted by molar-refractivity contribution is 9.09. The summed E-state index contributed by atoms with van der Waals surface area (Å²) in [6.07, 6.45) is 3.22. The first-order valence-corrected chi connectivity index (χ1v) is 5.35. The molecule has 1 heterocycles. The van der Waals surface area contributed by atoms with E-state index in [0.717, 1.165) is 11.8 Å². The standard InChI is InChI=1S/C9H12BrNO3/c1-9(2,3-4-10)14-8(12)7-5-13-6-11-7/h5-6H,3-4H2,1-2H3. The molecule has 0 amide bonds. The Balaban J connectivity index is 2.57. The van der Waals surface area contributed by atoms with E-state index in [9.17, 15) is 4.79 Å². The van der Waals surface area contributed by atoms with Gasteiger partial charge >= 0.3 is 5.97 Å². The van der Waals surface area contributed by atoms with Crippen molar-refractivity contribution in [2.45, 2.75) is 25.9 Å². The zero-order valence-corrected chi connectivity index (χ0v) is 9.70. The quantitative estimate of drug-likeness (QED) is 0.617. The largest absolute Gasteiger partial charge is 0.455 e. The molecule has 0 fully saturated rings. The summed E-state index contributed by atoms with van der Waals surface area (Å²) in [7, 11) is 0. The maximum absolute atomic E-state index is 11.4. The predicted molar refractivity (Wildman–Crippen MR) is 54.4 cm³/mol. The number of carbonyl (C=O) groups excluding carboxylic acids is 1. The average Bonchev–Trinajstić information content (AvgIpc) is 2.53. The number of alkyl halides is 1. The maximum Gasteiger partial charge on any atom is 0.360 e. The molecule has 0 unspecified atom stereocenters. The lowest BCUT2D eigenvalue weighted by atomic mass is 10.1. The number of rotatable bonds is 4. The molecule has 0 aliphatic rings. The molecule has 14 heavy (non-hydrogen) atoms. The molecule has 0 bridgehead atoms. The van der Waals surface area contributed by atoms with Crippen LogP contribution < -0.4 is 0 Å². The van der Waals surface area contributed by atoms with Crippen LogP contribution in [0, 0.1) is 0 Å². The number of esters is 1. The Morgan fingerprint density at radius 1 is 1.71 bits per heavy atom. The van der Waals surface area contributed by atoms with E-state index in [4.69, 9.17) is 4.74 Å². The Morgan fingerprint density at radius 3 is 2.93 bits per heavy atom. The minimum atomic E-state index is -0.487. The first-order valence-electron chi connectivity index (χ1n) is 4.23. The van der Waals surface area contributed by atoms with Crippen LogP contribution in [0.25, 0.3) is 0 Å². The number of halogens is 1. The van der Waals surface area contributed by atoms with Gasteiger partial charge in [0.05, 0.1) is 0 Å². The minimum absolute atomic E-state index is 0.202. The molecule has 0 saturated heterocycles. The van der Waals surface area contributed by atoms with Crippen molar-refractivity contribution in [2.24, 2.45) is 0 Å². The van der Waals surface area contributed by atoms with Crippen molar-refractivity contribution in [3.8, 4) is 0 Å². The van der Waals surface area contributed by atoms with Crippen molar-refractivity contribution in [1.29, 1.82) is 0 Å². The van der Waals surface area contributed by atoms with Crippen molar-refractivity contribution in [2.75, 3.05) is 5.33 Å². The van der Waals surface area contributed by atoms with Gasteiger partial charge in [0, 0.05) is 5.33 Å². The molecular formula is C9H12BrNO3. The second-order valence-electron chi connectivity index (χ2n) is 3.46. The second kappa shape index (κ2) is 4.59. The number of oxazole rings is 1. The zero-order chi connectivity index (χ0) is 10.6. The fourth-order valence-electron chi connectivity index (χ4n) is 0.895. The molecule has 0 saturated carbocycles. The van der Waals surface area contributed by atoms with E-state index in [1.54, 1.807) is 0 Å². The Bertz CT molecular complexity index is 295. The van der Waals surface area contributed by atoms with Gasteiger partial charge in [-0.1, -0.05) is 15.9 Å². The first kappa shape index (κ1) is 11.2. The van der Waals surface area contributed by atoms with Crippen LogP contribution in [0.5, 0.6) is 0 Å². The van der Waals surface area contributed by atoms with Gasteiger partial charge in [0.15, 0.2) is 12.1 Å². The summed E-state index contributed by atoms with van der Waals surface area (Å²) in [5.41, 5.74) is -0.285. The number of hydrogen-bond donors (Lipinski definition) is 0. The summed E-state index contributed by atoms with van der Waals surface area (Å²) in [6.45, 7) is 3.71. The van der Waals surface area contributed by atoms with Crippen LogP contribution in [0.3, 0.4) is 0 Å². The summed E-state index contributed by atoms with van der Waals surface area (Å²) in [5, 5.41) is 0.784. The molecule has 0 aromatic carbocycles. The summed E-state index contributed by atoms with van der Waals surface area (Å²) in [4.78, 5) is 15.1. The van der Waals surface area contributed by atoms with Gasteiger partial charge < -0.3 is 9.15 Å². The molecule has 5 heteroatoms. The normalized spacial score (nSPS) is 11.4. The smallest absolute Gasteiger partial charge is 0.360 e. The molecule has 0 aliphatic heterocycles. The molecule has 1 aromatic heterocycles. The average molecular weight is 262 g/mol. The van der Waals surface area contributed by atoms with Gasteiger partial charge in [-0.3, -0.25) is 0 Å². The Morgan fingerprint density at radius 2 is 2.43 bits per heavy atom. The third kappa shape index (κ3) is 3.14. The number of ether oxygens (including phenoxy) is 1. The molecule has 78 valence electrons. The molecule has 4 nitrogen and oxygen atoms in total. The molecule has 0 atom stereocenters. The number of aromatic nitrogens is 1. The van der Waals surface area contributed by atoms with E-state index in [1.165, 1.54) is 12.7 Å². The molecule has 0 spiro atoms. The fraction of sp³-hybridized carbons (Fsp3) is 0.556. The molecule has 0 radical (unpaired) electrons. The lowest BCUT2D eigenvalue weighted by Gasteiger charge is -2.23. The van der Waals surface area contributed by atoms with Gasteiger partial charge in [-0.15, -0.1) is 0 Å². The van der Waals surface area contributed by atoms with Crippen LogP contribution in [-0.2, 0) is 4.74 Å². The topological polar surface area (TPSA) is 52.3 Å². The van der Waals surface area contributed by atoms with Gasteiger partial charge in [-0.2, -0.15) is 0 Å². The third-order valence-electron chi connectivity index (χ3n) is 1.71. The summed E-state index contributed by atoms with van der Waals surface area (Å²) >= 11 is 3.30. The first-order chi connectivity index (χ1) is 6.55. The van der Waals surface area contributed by atoms with E-state index in [-0.39, 0.29) is 5.69 Å². The molecule has 0 N–H and O–H groups in total. The summed E-state index contributed by atoms with van der Waals surface area (Å²) in [6, 6.07) is 0. The van der Waals surface area contributed by atoms with Crippen molar-refractivity contribution in [3.05, 3.63) is 18.4 Å². The van der Waals surface area contributed by atoms with Crippen LogP contribution in [0.2, 0.25) is 0 Å². The monoisotopic (exact) mass is 261 g/mol. The van der Waals surface area contributed by atoms with E-state index < -0.39 is 11.6 Å². The lowest BCUT2D eigenvalue weighted by Crippen LogP contribution is -2.28. The lowest BCUT2D eigenvalue weighted by molar-refractivity contribution is -0.00244. The maximum atomic E-state index is 11.4. The minimum Gasteiger partial charge on any atom is -0.455 e. The second-order valence-corrected chi connectivity index (χ2v) is 4.25. The predicted octanol–water partition coefficient (Wildman–Crippen LogP) is 2.40. The summed E-state index contributed by atoms with van der Waals surface area (Å²) < 4.78 is 9.92. The SMILES string of the molecule is CC(C)(CCBr)OC(=O)c1cocn1. The molecular weight excluding hydrogens is 250 g/mol. The third-order valence-corrected chi connectivity index (χ3v) is 2.10. The van der Waals surface area contributed by atoms with Crippen LogP contribution in [0.1, 0.15) is 30.8 Å². The highest BCUT2D eigenvalue weighted by atomic mass is 79.9. The van der Waals surface area contributed by atoms with Crippen molar-refractivity contribution in [3.63, 3.8) is 0 Å². The van der Waals surface area contributed by atoms with Gasteiger partial charge in [-0.05, 0) is 20.3 Å². The van der Waals surface area contributed by atoms with Crippen LogP contribution >= 0.6 is 15.9 Å². The van der Waals surface area contributed by atoms with Crippen molar-refractivity contribution < 1.29 is 13.9 Å².